The average Bonchev–Trinajstić information content (AvgIpc) is 2.11. The first-order valence-electron chi connectivity index (χ1n) is 6.87. The second-order valence-electron chi connectivity index (χ2n) is 5.90. The Balaban J connectivity index is 1.95. The maximum atomic E-state index is 3.65. The maximum Gasteiger partial charge on any atom is 0.0120 e. The lowest BCUT2D eigenvalue weighted by atomic mass is 9.71. The smallest absolute Gasteiger partial charge is 0.0120 e. The fraction of sp³-hybridized carbons (Fsp3) is 0.857. The summed E-state index contributed by atoms with van der Waals surface area (Å²) in [6.07, 6.45) is 13.2. The summed E-state index contributed by atoms with van der Waals surface area (Å²) in [6, 6.07) is 0. The number of hydrogen-bond donors (Lipinski definition) is 0. The highest BCUT2D eigenvalue weighted by molar-refractivity contribution is 9.09. The Morgan fingerprint density at radius 3 is 2.50 bits per heavy atom. The van der Waals surface area contributed by atoms with Crippen LogP contribution >= 0.6 is 15.9 Å². The summed E-state index contributed by atoms with van der Waals surface area (Å²) in [4.78, 5) is 0.716. The van der Waals surface area contributed by atoms with Crippen LogP contribution < -0.4 is 0 Å². The summed E-state index contributed by atoms with van der Waals surface area (Å²) < 4.78 is 0. The number of rotatable bonds is 7. The molecule has 0 heterocycles. The Morgan fingerprint density at radius 1 is 1.25 bits per heavy atom. The third-order valence-electron chi connectivity index (χ3n) is 3.51. The van der Waals surface area contributed by atoms with Gasteiger partial charge in [0.2, 0.25) is 0 Å². The zero-order valence-electron chi connectivity index (χ0n) is 11.1. The van der Waals surface area contributed by atoms with E-state index in [0.717, 1.165) is 17.4 Å². The van der Waals surface area contributed by atoms with Crippen LogP contribution in [-0.4, -0.2) is 15.1 Å². The number of halogens is 1. The van der Waals surface area contributed by atoms with E-state index in [1.165, 1.54) is 48.8 Å². The zero-order valence-corrected chi connectivity index (χ0v) is 14.7. The number of alkyl halides is 1. The molecule has 2 atom stereocenters. The summed E-state index contributed by atoms with van der Waals surface area (Å²) in [7, 11) is 1.34. The average molecular weight is 303 g/mol. The van der Waals surface area contributed by atoms with Gasteiger partial charge in [0.25, 0.3) is 0 Å². The molecule has 0 N–H and O–H groups in total. The van der Waals surface area contributed by atoms with Gasteiger partial charge in [-0.15, -0.1) is 0 Å². The molecule has 0 spiro atoms. The predicted octanol–water partition coefficient (Wildman–Crippen LogP) is 4.09. The van der Waals surface area contributed by atoms with Gasteiger partial charge in [-0.2, -0.15) is 0 Å². The van der Waals surface area contributed by atoms with Crippen molar-refractivity contribution in [1.29, 1.82) is 0 Å². The minimum absolute atomic E-state index is 0.716. The highest BCUT2D eigenvalue weighted by atomic mass is 79.9. The van der Waals surface area contributed by atoms with E-state index < -0.39 is 0 Å². The van der Waals surface area contributed by atoms with Gasteiger partial charge in [0.05, 0.1) is 0 Å². The van der Waals surface area contributed by atoms with E-state index in [9.17, 15) is 0 Å². The first kappa shape index (κ1) is 14.5. The van der Waals surface area contributed by atoms with Crippen LogP contribution in [-0.2, 0) is 0 Å². The first-order chi connectivity index (χ1) is 7.58. The molecule has 16 heavy (non-hydrogen) atoms. The molecule has 0 saturated heterocycles. The van der Waals surface area contributed by atoms with Crippen molar-refractivity contribution in [1.82, 2.24) is 0 Å². The lowest BCUT2D eigenvalue weighted by Gasteiger charge is -2.36. The van der Waals surface area contributed by atoms with Gasteiger partial charge in [-0.05, 0) is 50.4 Å². The SMILES string of the molecule is CC([SiH3])C/C=C\CCC1CC(CC(C)Br)C1. The first-order valence-corrected chi connectivity index (χ1v) is 8.94. The van der Waals surface area contributed by atoms with Gasteiger partial charge in [0.15, 0.2) is 0 Å². The second kappa shape index (κ2) is 7.70. The van der Waals surface area contributed by atoms with E-state index in [1.54, 1.807) is 0 Å². The molecule has 1 fully saturated rings. The molecule has 1 aliphatic carbocycles. The highest BCUT2D eigenvalue weighted by Crippen LogP contribution is 2.40. The Kier molecular flexibility index (Phi) is 6.98. The van der Waals surface area contributed by atoms with Crippen LogP contribution in [0.15, 0.2) is 12.2 Å². The molecule has 2 heteroatoms. The van der Waals surface area contributed by atoms with Crippen LogP contribution in [0.25, 0.3) is 0 Å². The zero-order chi connectivity index (χ0) is 12.0. The third kappa shape index (κ3) is 6.24. The van der Waals surface area contributed by atoms with Gasteiger partial charge in [-0.3, -0.25) is 0 Å². The van der Waals surface area contributed by atoms with Crippen molar-refractivity contribution in [2.24, 2.45) is 11.8 Å². The van der Waals surface area contributed by atoms with E-state index in [1.807, 2.05) is 0 Å². The summed E-state index contributed by atoms with van der Waals surface area (Å²) in [6.45, 7) is 4.61. The Hall–Kier alpha value is 0.437. The molecule has 94 valence electrons. The normalized spacial score (nSPS) is 29.2. The molecule has 0 amide bonds. The van der Waals surface area contributed by atoms with E-state index in [4.69, 9.17) is 0 Å². The summed E-state index contributed by atoms with van der Waals surface area (Å²) in [5.41, 5.74) is 0.949. The van der Waals surface area contributed by atoms with Gasteiger partial charge < -0.3 is 0 Å². The molecule has 0 aromatic carbocycles. The molecule has 0 aromatic rings. The van der Waals surface area contributed by atoms with E-state index in [2.05, 4.69) is 41.9 Å². The van der Waals surface area contributed by atoms with E-state index >= 15 is 0 Å². The van der Waals surface area contributed by atoms with Crippen molar-refractivity contribution in [3.05, 3.63) is 12.2 Å². The summed E-state index contributed by atoms with van der Waals surface area (Å²) in [5, 5.41) is 0. The maximum absolute atomic E-state index is 3.65. The Labute approximate surface area is 113 Å². The molecule has 0 aliphatic heterocycles. The van der Waals surface area contributed by atoms with Crippen molar-refractivity contribution in [3.63, 3.8) is 0 Å². The van der Waals surface area contributed by atoms with Crippen LogP contribution in [0.4, 0.5) is 0 Å². The topological polar surface area (TPSA) is 0 Å². The molecule has 1 rings (SSSR count). The van der Waals surface area contributed by atoms with Gasteiger partial charge >= 0.3 is 0 Å². The number of hydrogen-bond acceptors (Lipinski definition) is 0. The fourth-order valence-corrected chi connectivity index (χ4v) is 3.38. The van der Waals surface area contributed by atoms with Crippen LogP contribution in [0, 0.1) is 11.8 Å². The van der Waals surface area contributed by atoms with Crippen molar-refractivity contribution < 1.29 is 0 Å². The number of allylic oxidation sites excluding steroid dienone is 2. The lowest BCUT2D eigenvalue weighted by Crippen LogP contribution is -2.25. The molecule has 0 bridgehead atoms. The molecule has 0 aromatic heterocycles. The van der Waals surface area contributed by atoms with Gasteiger partial charge in [-0.1, -0.05) is 47.5 Å². The molecule has 1 aliphatic rings. The quantitative estimate of drug-likeness (QED) is 0.377. The largest absolute Gasteiger partial charge is 0.0894 e. The van der Waals surface area contributed by atoms with E-state index in [0.29, 0.717) is 4.83 Å². The van der Waals surface area contributed by atoms with Crippen molar-refractivity contribution in [2.75, 3.05) is 0 Å². The molecule has 0 radical (unpaired) electrons. The van der Waals surface area contributed by atoms with E-state index in [-0.39, 0.29) is 0 Å². The van der Waals surface area contributed by atoms with Crippen molar-refractivity contribution in [2.45, 2.75) is 62.7 Å². The summed E-state index contributed by atoms with van der Waals surface area (Å²) in [5.74, 6) is 2.05. The Morgan fingerprint density at radius 2 is 1.94 bits per heavy atom. The highest BCUT2D eigenvalue weighted by Gasteiger charge is 2.28. The fourth-order valence-electron chi connectivity index (χ4n) is 2.58. The van der Waals surface area contributed by atoms with Gasteiger partial charge in [-0.25, -0.2) is 0 Å². The second-order valence-corrected chi connectivity index (χ2v) is 9.43. The lowest BCUT2D eigenvalue weighted by molar-refractivity contribution is 0.173. The monoisotopic (exact) mass is 302 g/mol. The van der Waals surface area contributed by atoms with Gasteiger partial charge in [0.1, 0.15) is 0 Å². The van der Waals surface area contributed by atoms with Crippen molar-refractivity contribution in [3.8, 4) is 0 Å². The van der Waals surface area contributed by atoms with Crippen molar-refractivity contribution >= 4 is 26.2 Å². The standard InChI is InChI=1S/C14H27BrSi/c1-11(15)8-14-9-13(10-14)7-5-3-4-6-12(2)16/h3-4,11-14H,5-10H2,1-2,16H3/b4-3-. The third-order valence-corrected chi connectivity index (χ3v) is 4.35. The molecular formula is C14H27BrSi. The van der Waals surface area contributed by atoms with Gasteiger partial charge in [0, 0.05) is 15.1 Å². The minimum Gasteiger partial charge on any atom is -0.0894 e. The van der Waals surface area contributed by atoms with Crippen LogP contribution in [0.2, 0.25) is 5.54 Å². The van der Waals surface area contributed by atoms with Crippen LogP contribution in [0.5, 0.6) is 0 Å². The van der Waals surface area contributed by atoms with Crippen LogP contribution in [0.3, 0.4) is 0 Å². The Bertz CT molecular complexity index is 205. The summed E-state index contributed by atoms with van der Waals surface area (Å²) >= 11 is 3.65. The molecular weight excluding hydrogens is 276 g/mol. The molecule has 0 nitrogen and oxygen atoms in total. The van der Waals surface area contributed by atoms with Crippen LogP contribution in [0.1, 0.15) is 52.4 Å². The molecule has 2 unspecified atom stereocenters. The molecule has 1 saturated carbocycles. The predicted molar refractivity (Wildman–Crippen MR) is 81.6 cm³/mol. The minimum atomic E-state index is 0.716.